The Morgan fingerprint density at radius 3 is 2.42 bits per heavy atom. The van der Waals surface area contributed by atoms with Crippen molar-refractivity contribution in [2.24, 2.45) is 5.92 Å². The third kappa shape index (κ3) is 6.15. The van der Waals surface area contributed by atoms with E-state index in [1.807, 2.05) is 6.08 Å². The summed E-state index contributed by atoms with van der Waals surface area (Å²) in [6, 6.07) is 13.1. The van der Waals surface area contributed by atoms with Crippen LogP contribution in [0, 0.1) is 5.92 Å². The summed E-state index contributed by atoms with van der Waals surface area (Å²) in [5.41, 5.74) is 4.26. The number of nitrogens with zero attached hydrogens (tertiary/aromatic N) is 2. The zero-order valence-corrected chi connectivity index (χ0v) is 23.4. The molecule has 38 heavy (non-hydrogen) atoms. The number of allylic oxidation sites excluding steroid dienone is 1. The van der Waals surface area contributed by atoms with E-state index >= 15 is 0 Å². The van der Waals surface area contributed by atoms with Gasteiger partial charge in [0.1, 0.15) is 0 Å². The predicted octanol–water partition coefficient (Wildman–Crippen LogP) is 6.28. The highest BCUT2D eigenvalue weighted by molar-refractivity contribution is 7.89. The molecule has 5 rings (SSSR count). The standard InChI is InChI=1S/C31H41N3O3S/c1-2-33-21-7-10-26-22-25(13-19-30(26)33)23-34(28-11-5-6-12-28)38(36,37)29-17-15-27(16-18-29)32-31(35)20-14-24-8-3-4-9-24/h13-20,22,24,28H,2-12,21,23H2,1H3,(H,32,35). The summed E-state index contributed by atoms with van der Waals surface area (Å²) in [7, 11) is -3.69. The highest BCUT2D eigenvalue weighted by Crippen LogP contribution is 2.33. The molecule has 1 heterocycles. The Balaban J connectivity index is 1.32. The Hall–Kier alpha value is -2.64. The first-order valence-electron chi connectivity index (χ1n) is 14.4. The fraction of sp³-hybridized carbons (Fsp3) is 0.516. The summed E-state index contributed by atoms with van der Waals surface area (Å²) < 4.78 is 29.5. The SMILES string of the molecule is CCN1CCCc2cc(CN(C3CCCC3)S(=O)(=O)c3ccc(NC(=O)C=CC4CCCC4)cc3)ccc21. The van der Waals surface area contributed by atoms with Gasteiger partial charge in [-0.25, -0.2) is 8.42 Å². The lowest BCUT2D eigenvalue weighted by atomic mass is 9.99. The molecule has 0 saturated heterocycles. The molecule has 0 unspecified atom stereocenters. The van der Waals surface area contributed by atoms with Gasteiger partial charge in [-0.1, -0.05) is 43.9 Å². The van der Waals surface area contributed by atoms with Crippen molar-refractivity contribution in [3.8, 4) is 0 Å². The minimum atomic E-state index is -3.69. The van der Waals surface area contributed by atoms with Gasteiger partial charge in [-0.05, 0) is 98.9 Å². The molecule has 0 bridgehead atoms. The maximum absolute atomic E-state index is 13.9. The molecular formula is C31H41N3O3S. The van der Waals surface area contributed by atoms with Crippen LogP contribution in [0.5, 0.6) is 0 Å². The lowest BCUT2D eigenvalue weighted by Gasteiger charge is -2.32. The molecule has 2 aromatic carbocycles. The number of sulfonamides is 1. The summed E-state index contributed by atoms with van der Waals surface area (Å²) in [4.78, 5) is 15.0. The summed E-state index contributed by atoms with van der Waals surface area (Å²) in [5, 5.41) is 2.87. The first-order chi connectivity index (χ1) is 18.4. The van der Waals surface area contributed by atoms with Crippen LogP contribution in [0.15, 0.2) is 59.5 Å². The molecule has 1 N–H and O–H groups in total. The fourth-order valence-corrected chi connectivity index (χ4v) is 8.01. The number of aryl methyl sites for hydroxylation is 1. The summed E-state index contributed by atoms with van der Waals surface area (Å²) in [6.07, 6.45) is 14.5. The van der Waals surface area contributed by atoms with Crippen molar-refractivity contribution >= 4 is 27.3 Å². The van der Waals surface area contributed by atoms with E-state index in [9.17, 15) is 13.2 Å². The molecule has 0 spiro atoms. The molecule has 2 aromatic rings. The number of hydrogen-bond donors (Lipinski definition) is 1. The number of hydrogen-bond acceptors (Lipinski definition) is 4. The number of benzene rings is 2. The van der Waals surface area contributed by atoms with E-state index in [0.717, 1.165) is 70.0 Å². The normalized spacial score (nSPS) is 18.9. The van der Waals surface area contributed by atoms with Crippen LogP contribution >= 0.6 is 0 Å². The van der Waals surface area contributed by atoms with Crippen LogP contribution < -0.4 is 10.2 Å². The molecule has 0 aromatic heterocycles. The Morgan fingerprint density at radius 2 is 1.71 bits per heavy atom. The second-order valence-corrected chi connectivity index (χ2v) is 12.9. The molecule has 2 aliphatic carbocycles. The monoisotopic (exact) mass is 535 g/mol. The smallest absolute Gasteiger partial charge is 0.248 e. The van der Waals surface area contributed by atoms with Crippen molar-refractivity contribution in [3.63, 3.8) is 0 Å². The van der Waals surface area contributed by atoms with E-state index in [1.165, 1.54) is 24.1 Å². The minimum Gasteiger partial charge on any atom is -0.372 e. The molecule has 7 heteroatoms. The van der Waals surface area contributed by atoms with Crippen LogP contribution in [0.1, 0.15) is 75.8 Å². The van der Waals surface area contributed by atoms with Crippen LogP contribution in [0.25, 0.3) is 0 Å². The Bertz CT molecular complexity index is 1240. The van der Waals surface area contributed by atoms with E-state index in [1.54, 1.807) is 34.6 Å². The van der Waals surface area contributed by atoms with Gasteiger partial charge in [0.25, 0.3) is 0 Å². The molecule has 0 radical (unpaired) electrons. The zero-order valence-electron chi connectivity index (χ0n) is 22.6. The predicted molar refractivity (Wildman–Crippen MR) is 154 cm³/mol. The molecule has 1 amide bonds. The Morgan fingerprint density at radius 1 is 1.00 bits per heavy atom. The number of amides is 1. The van der Waals surface area contributed by atoms with Gasteiger partial charge in [0, 0.05) is 37.1 Å². The van der Waals surface area contributed by atoms with E-state index in [-0.39, 0.29) is 16.8 Å². The summed E-state index contributed by atoms with van der Waals surface area (Å²) in [5.74, 6) is 0.324. The maximum Gasteiger partial charge on any atom is 0.248 e. The third-order valence-electron chi connectivity index (χ3n) is 8.46. The first kappa shape index (κ1) is 26.9. The quantitative estimate of drug-likeness (QED) is 0.384. The van der Waals surface area contributed by atoms with E-state index in [0.29, 0.717) is 18.2 Å². The van der Waals surface area contributed by atoms with Crippen molar-refractivity contribution in [2.75, 3.05) is 23.3 Å². The minimum absolute atomic E-state index is 0.0169. The van der Waals surface area contributed by atoms with Gasteiger partial charge in [-0.2, -0.15) is 4.31 Å². The molecule has 6 nitrogen and oxygen atoms in total. The second kappa shape index (κ2) is 12.0. The Labute approximate surface area is 228 Å². The number of nitrogens with one attached hydrogen (secondary N) is 1. The van der Waals surface area contributed by atoms with Crippen molar-refractivity contribution in [2.45, 2.75) is 88.6 Å². The highest BCUT2D eigenvalue weighted by atomic mass is 32.2. The van der Waals surface area contributed by atoms with Gasteiger partial charge in [0.15, 0.2) is 0 Å². The number of rotatable bonds is 9. The molecule has 2 fully saturated rings. The number of carbonyl (C=O) groups excluding carboxylic acids is 1. The zero-order chi connectivity index (χ0) is 26.5. The van der Waals surface area contributed by atoms with Crippen LogP contribution in [0.4, 0.5) is 11.4 Å². The third-order valence-corrected chi connectivity index (χ3v) is 10.4. The van der Waals surface area contributed by atoms with E-state index in [4.69, 9.17) is 0 Å². The molecule has 1 aliphatic heterocycles. The van der Waals surface area contributed by atoms with Gasteiger partial charge < -0.3 is 10.2 Å². The summed E-state index contributed by atoms with van der Waals surface area (Å²) >= 11 is 0. The highest BCUT2D eigenvalue weighted by Gasteiger charge is 2.33. The summed E-state index contributed by atoms with van der Waals surface area (Å²) in [6.45, 7) is 4.64. The van der Waals surface area contributed by atoms with Crippen LogP contribution in [-0.4, -0.2) is 37.8 Å². The lowest BCUT2D eigenvalue weighted by Crippen LogP contribution is -2.38. The van der Waals surface area contributed by atoms with Crippen LogP contribution in [-0.2, 0) is 27.8 Å². The molecule has 204 valence electrons. The van der Waals surface area contributed by atoms with Gasteiger partial charge >= 0.3 is 0 Å². The van der Waals surface area contributed by atoms with Crippen molar-refractivity contribution in [1.29, 1.82) is 0 Å². The van der Waals surface area contributed by atoms with E-state index in [2.05, 4.69) is 35.3 Å². The van der Waals surface area contributed by atoms with Gasteiger partial charge in [-0.15, -0.1) is 0 Å². The van der Waals surface area contributed by atoms with Crippen molar-refractivity contribution in [3.05, 3.63) is 65.7 Å². The van der Waals surface area contributed by atoms with Gasteiger partial charge in [0.2, 0.25) is 15.9 Å². The maximum atomic E-state index is 13.9. The lowest BCUT2D eigenvalue weighted by molar-refractivity contribution is -0.111. The van der Waals surface area contributed by atoms with Crippen LogP contribution in [0.3, 0.4) is 0 Å². The average Bonchev–Trinajstić information content (AvgIpc) is 3.65. The van der Waals surface area contributed by atoms with Crippen molar-refractivity contribution in [1.82, 2.24) is 4.31 Å². The molecule has 0 atom stereocenters. The number of fused-ring (bicyclic) bond motifs is 1. The topological polar surface area (TPSA) is 69.7 Å². The molecule has 2 saturated carbocycles. The fourth-order valence-electron chi connectivity index (χ4n) is 6.34. The second-order valence-electron chi connectivity index (χ2n) is 11.1. The van der Waals surface area contributed by atoms with Crippen LogP contribution in [0.2, 0.25) is 0 Å². The van der Waals surface area contributed by atoms with Crippen molar-refractivity contribution < 1.29 is 13.2 Å². The largest absolute Gasteiger partial charge is 0.372 e. The number of anilines is 2. The van der Waals surface area contributed by atoms with E-state index < -0.39 is 10.0 Å². The first-order valence-corrected chi connectivity index (χ1v) is 15.9. The van der Waals surface area contributed by atoms with Gasteiger partial charge in [-0.3, -0.25) is 4.79 Å². The van der Waals surface area contributed by atoms with Gasteiger partial charge in [0.05, 0.1) is 4.90 Å². The average molecular weight is 536 g/mol. The number of carbonyl (C=O) groups is 1. The molecular weight excluding hydrogens is 494 g/mol. The Kier molecular flexibility index (Phi) is 8.54. The molecule has 3 aliphatic rings.